The van der Waals surface area contributed by atoms with E-state index in [0.717, 1.165) is 24.1 Å². The van der Waals surface area contributed by atoms with Gasteiger partial charge in [0.15, 0.2) is 5.13 Å². The van der Waals surface area contributed by atoms with Gasteiger partial charge < -0.3 is 14.2 Å². The standard InChI is InChI=1S/C25H22F3N5O2S/c26-25(27,28)35-19-5-1-4-18(14-19)33-13-3-6-21(33)20-16-36-24(30-20)31-23(34)22-7-2-12-32(22)15-17-8-10-29-11-9-17/h1-2,4-5,7-12,14,16,21H,3,6,13,15H2,(H,30,31,34)/t21-/m1/s1. The molecular formula is C25H22F3N5O2S. The number of ether oxygens (including phenoxy) is 1. The normalized spacial score (nSPS) is 15.8. The number of aromatic nitrogens is 3. The maximum Gasteiger partial charge on any atom is 0.573 e. The lowest BCUT2D eigenvalue weighted by molar-refractivity contribution is -0.274. The molecule has 0 aliphatic carbocycles. The van der Waals surface area contributed by atoms with E-state index in [2.05, 4.69) is 20.0 Å². The van der Waals surface area contributed by atoms with Crippen LogP contribution in [-0.4, -0.2) is 33.3 Å². The number of carbonyl (C=O) groups is 1. The molecular weight excluding hydrogens is 491 g/mol. The molecule has 1 aliphatic rings. The highest BCUT2D eigenvalue weighted by molar-refractivity contribution is 7.14. The second-order valence-electron chi connectivity index (χ2n) is 8.31. The van der Waals surface area contributed by atoms with Gasteiger partial charge in [-0.05, 0) is 54.8 Å². The van der Waals surface area contributed by atoms with E-state index >= 15 is 0 Å². The number of amides is 1. The molecule has 0 radical (unpaired) electrons. The van der Waals surface area contributed by atoms with Gasteiger partial charge in [-0.2, -0.15) is 0 Å². The summed E-state index contributed by atoms with van der Waals surface area (Å²) in [4.78, 5) is 23.6. The highest BCUT2D eigenvalue weighted by Gasteiger charge is 2.32. The van der Waals surface area contributed by atoms with E-state index in [0.29, 0.717) is 29.6 Å². The summed E-state index contributed by atoms with van der Waals surface area (Å²) >= 11 is 1.32. The van der Waals surface area contributed by atoms with E-state index in [9.17, 15) is 18.0 Å². The van der Waals surface area contributed by atoms with Gasteiger partial charge in [0.05, 0.1) is 11.7 Å². The molecule has 1 saturated heterocycles. The quantitative estimate of drug-likeness (QED) is 0.334. The van der Waals surface area contributed by atoms with Crippen LogP contribution in [-0.2, 0) is 6.54 Å². The molecule has 0 saturated carbocycles. The van der Waals surface area contributed by atoms with Crippen molar-refractivity contribution in [2.24, 2.45) is 0 Å². The van der Waals surface area contributed by atoms with Gasteiger partial charge in [0.1, 0.15) is 11.4 Å². The van der Waals surface area contributed by atoms with E-state index in [4.69, 9.17) is 0 Å². The molecule has 0 spiro atoms. The Morgan fingerprint density at radius 3 is 2.81 bits per heavy atom. The van der Waals surface area contributed by atoms with Crippen molar-refractivity contribution in [1.29, 1.82) is 0 Å². The van der Waals surface area contributed by atoms with E-state index in [1.807, 2.05) is 39.2 Å². The number of hydrogen-bond acceptors (Lipinski definition) is 6. The van der Waals surface area contributed by atoms with Gasteiger partial charge in [-0.15, -0.1) is 24.5 Å². The van der Waals surface area contributed by atoms with Gasteiger partial charge in [-0.25, -0.2) is 4.98 Å². The second-order valence-corrected chi connectivity index (χ2v) is 9.16. The maximum atomic E-state index is 13.0. The number of anilines is 2. The lowest BCUT2D eigenvalue weighted by Gasteiger charge is -2.26. The molecule has 1 fully saturated rings. The minimum absolute atomic E-state index is 0.108. The highest BCUT2D eigenvalue weighted by atomic mass is 32.1. The topological polar surface area (TPSA) is 72.3 Å². The van der Waals surface area contributed by atoms with Crippen molar-refractivity contribution in [2.75, 3.05) is 16.8 Å². The van der Waals surface area contributed by atoms with Gasteiger partial charge in [-0.3, -0.25) is 15.1 Å². The van der Waals surface area contributed by atoms with Crippen LogP contribution < -0.4 is 15.0 Å². The third-order valence-electron chi connectivity index (χ3n) is 5.88. The van der Waals surface area contributed by atoms with Crippen LogP contribution >= 0.6 is 11.3 Å². The monoisotopic (exact) mass is 513 g/mol. The first-order valence-electron chi connectivity index (χ1n) is 11.3. The molecule has 36 heavy (non-hydrogen) atoms. The van der Waals surface area contributed by atoms with Crippen molar-refractivity contribution in [1.82, 2.24) is 14.5 Å². The number of carbonyl (C=O) groups excluding carboxylic acids is 1. The van der Waals surface area contributed by atoms with Crippen LogP contribution in [0.4, 0.5) is 24.0 Å². The van der Waals surface area contributed by atoms with Crippen molar-refractivity contribution in [3.05, 3.63) is 89.5 Å². The lowest BCUT2D eigenvalue weighted by Crippen LogP contribution is -2.23. The molecule has 1 N–H and O–H groups in total. The Kier molecular flexibility index (Phi) is 6.64. The summed E-state index contributed by atoms with van der Waals surface area (Å²) in [6.45, 7) is 1.22. The molecule has 7 nitrogen and oxygen atoms in total. The first kappa shape index (κ1) is 23.9. The molecule has 11 heteroatoms. The Balaban J connectivity index is 1.28. The largest absolute Gasteiger partial charge is 0.573 e. The third-order valence-corrected chi connectivity index (χ3v) is 6.66. The number of thiazole rings is 1. The van der Waals surface area contributed by atoms with Gasteiger partial charge >= 0.3 is 6.36 Å². The number of nitrogens with one attached hydrogen (secondary N) is 1. The molecule has 1 aliphatic heterocycles. The zero-order valence-electron chi connectivity index (χ0n) is 19.0. The zero-order chi connectivity index (χ0) is 25.1. The van der Waals surface area contributed by atoms with Gasteiger partial charge in [0, 0.05) is 48.8 Å². The SMILES string of the molecule is O=C(Nc1nc([C@H]2CCCN2c2cccc(OC(F)(F)F)c2)cs1)c1cccn1Cc1ccncc1. The van der Waals surface area contributed by atoms with Crippen LogP contribution in [0.3, 0.4) is 0 Å². The first-order chi connectivity index (χ1) is 17.4. The number of rotatable bonds is 7. The van der Waals surface area contributed by atoms with E-state index < -0.39 is 6.36 Å². The van der Waals surface area contributed by atoms with Crippen molar-refractivity contribution in [2.45, 2.75) is 31.8 Å². The Labute approximate surface area is 209 Å². The highest BCUT2D eigenvalue weighted by Crippen LogP contribution is 2.38. The fourth-order valence-electron chi connectivity index (χ4n) is 4.34. The van der Waals surface area contributed by atoms with Crippen LogP contribution in [0.25, 0.3) is 0 Å². The molecule has 4 aromatic rings. The van der Waals surface area contributed by atoms with Gasteiger partial charge in [-0.1, -0.05) is 6.07 Å². The van der Waals surface area contributed by atoms with Crippen LogP contribution in [0, 0.1) is 0 Å². The van der Waals surface area contributed by atoms with Gasteiger partial charge in [0.25, 0.3) is 5.91 Å². The molecule has 1 aromatic carbocycles. The molecule has 3 aromatic heterocycles. The molecule has 1 amide bonds. The smallest absolute Gasteiger partial charge is 0.406 e. The maximum absolute atomic E-state index is 13.0. The Bertz CT molecular complexity index is 1340. The number of pyridine rings is 1. The summed E-state index contributed by atoms with van der Waals surface area (Å²) in [6, 6.07) is 13.2. The predicted molar refractivity (Wildman–Crippen MR) is 130 cm³/mol. The van der Waals surface area contributed by atoms with E-state index in [-0.39, 0.29) is 17.7 Å². The molecule has 0 unspecified atom stereocenters. The van der Waals surface area contributed by atoms with Crippen molar-refractivity contribution < 1.29 is 22.7 Å². The summed E-state index contributed by atoms with van der Waals surface area (Å²) in [5.41, 5.74) is 2.93. The van der Waals surface area contributed by atoms with Crippen molar-refractivity contribution in [3.8, 4) is 5.75 Å². The fourth-order valence-corrected chi connectivity index (χ4v) is 5.10. The number of halogens is 3. The molecule has 0 bridgehead atoms. The number of benzene rings is 1. The van der Waals surface area contributed by atoms with E-state index in [1.54, 1.807) is 30.6 Å². The fraction of sp³-hybridized carbons (Fsp3) is 0.240. The third kappa shape index (κ3) is 5.51. The average Bonchev–Trinajstić information content (AvgIpc) is 3.59. The van der Waals surface area contributed by atoms with E-state index in [1.165, 1.54) is 23.5 Å². The lowest BCUT2D eigenvalue weighted by atomic mass is 10.1. The number of nitrogens with zero attached hydrogens (tertiary/aromatic N) is 4. The molecule has 1 atom stereocenters. The molecule has 5 rings (SSSR count). The Morgan fingerprint density at radius 2 is 2.00 bits per heavy atom. The van der Waals surface area contributed by atoms with Crippen LogP contribution in [0.1, 0.15) is 40.6 Å². The number of alkyl halides is 3. The minimum atomic E-state index is -4.75. The van der Waals surface area contributed by atoms with Crippen LogP contribution in [0.15, 0.2) is 72.5 Å². The van der Waals surface area contributed by atoms with Crippen LogP contribution in [0.5, 0.6) is 5.75 Å². The Hall–Kier alpha value is -3.86. The van der Waals surface area contributed by atoms with Gasteiger partial charge in [0.2, 0.25) is 0 Å². The molecule has 186 valence electrons. The summed E-state index contributed by atoms with van der Waals surface area (Å²) in [5.74, 6) is -0.526. The summed E-state index contributed by atoms with van der Waals surface area (Å²) in [6.07, 6.45) is 2.19. The average molecular weight is 514 g/mol. The van der Waals surface area contributed by atoms with Crippen molar-refractivity contribution in [3.63, 3.8) is 0 Å². The zero-order valence-corrected chi connectivity index (χ0v) is 19.8. The molecule has 4 heterocycles. The summed E-state index contributed by atoms with van der Waals surface area (Å²) in [5, 5.41) is 5.22. The Morgan fingerprint density at radius 1 is 1.17 bits per heavy atom. The minimum Gasteiger partial charge on any atom is -0.406 e. The summed E-state index contributed by atoms with van der Waals surface area (Å²) in [7, 11) is 0. The number of hydrogen-bond donors (Lipinski definition) is 1. The predicted octanol–water partition coefficient (Wildman–Crippen LogP) is 5.88. The van der Waals surface area contributed by atoms with Crippen LogP contribution in [0.2, 0.25) is 0 Å². The second kappa shape index (κ2) is 10.0. The van der Waals surface area contributed by atoms with Crippen molar-refractivity contribution >= 4 is 28.1 Å². The first-order valence-corrected chi connectivity index (χ1v) is 12.2. The summed E-state index contributed by atoms with van der Waals surface area (Å²) < 4.78 is 43.9.